The number of anilines is 1. The second kappa shape index (κ2) is 7.25. The molecule has 0 radical (unpaired) electrons. The number of nitrogens with one attached hydrogen (secondary N) is 2. The summed E-state index contributed by atoms with van der Waals surface area (Å²) in [5.41, 5.74) is 0.903. The first-order valence-electron chi connectivity index (χ1n) is 7.69. The average molecular weight is 332 g/mol. The normalized spacial score (nSPS) is 11.2. The summed E-state index contributed by atoms with van der Waals surface area (Å²) in [6.45, 7) is 6.66. The van der Waals surface area contributed by atoms with E-state index in [-0.39, 0.29) is 12.4 Å². The maximum absolute atomic E-state index is 13.0. The number of aryl methyl sites for hydroxylation is 1. The minimum Gasteiger partial charge on any atom is -0.347 e. The lowest BCUT2D eigenvalue weighted by Crippen LogP contribution is -2.42. The van der Waals surface area contributed by atoms with Crippen LogP contribution in [0.5, 0.6) is 0 Å². The van der Waals surface area contributed by atoms with Crippen molar-refractivity contribution in [3.05, 3.63) is 48.0 Å². The molecule has 2 aromatic rings. The van der Waals surface area contributed by atoms with E-state index in [0.717, 1.165) is 5.56 Å². The van der Waals surface area contributed by atoms with Gasteiger partial charge in [-0.1, -0.05) is 26.0 Å². The topological polar surface area (TPSA) is 76.0 Å². The number of aromatic nitrogens is 2. The van der Waals surface area contributed by atoms with Gasteiger partial charge in [-0.15, -0.1) is 0 Å². The highest BCUT2D eigenvalue weighted by atomic mass is 19.1. The second-order valence-electron chi connectivity index (χ2n) is 6.11. The van der Waals surface area contributed by atoms with Crippen LogP contribution in [0.1, 0.15) is 26.3 Å². The Kier molecular flexibility index (Phi) is 5.33. The Morgan fingerprint density at radius 3 is 2.46 bits per heavy atom. The van der Waals surface area contributed by atoms with Crippen LogP contribution < -0.4 is 10.6 Å². The van der Waals surface area contributed by atoms with Gasteiger partial charge in [-0.05, 0) is 24.6 Å². The van der Waals surface area contributed by atoms with Crippen LogP contribution in [-0.2, 0) is 21.5 Å². The maximum atomic E-state index is 13.0. The van der Waals surface area contributed by atoms with Crippen molar-refractivity contribution < 1.29 is 14.0 Å². The van der Waals surface area contributed by atoms with Crippen LogP contribution in [0.4, 0.5) is 10.1 Å². The molecule has 1 aromatic carbocycles. The molecule has 128 valence electrons. The lowest BCUT2D eigenvalue weighted by molar-refractivity contribution is -0.136. The van der Waals surface area contributed by atoms with E-state index in [1.807, 2.05) is 20.8 Å². The third-order valence-electron chi connectivity index (χ3n) is 3.74. The van der Waals surface area contributed by atoms with Crippen molar-refractivity contribution >= 4 is 17.5 Å². The Hall–Kier alpha value is -2.70. The molecule has 0 aliphatic carbocycles. The van der Waals surface area contributed by atoms with Crippen molar-refractivity contribution in [1.29, 1.82) is 0 Å². The van der Waals surface area contributed by atoms with Gasteiger partial charge in [0.2, 0.25) is 0 Å². The maximum Gasteiger partial charge on any atom is 0.313 e. The van der Waals surface area contributed by atoms with Gasteiger partial charge in [-0.2, -0.15) is 5.10 Å². The summed E-state index contributed by atoms with van der Waals surface area (Å²) in [5, 5.41) is 9.12. The van der Waals surface area contributed by atoms with Crippen molar-refractivity contribution in [2.45, 2.75) is 32.7 Å². The van der Waals surface area contributed by atoms with Crippen molar-refractivity contribution in [3.63, 3.8) is 0 Å². The third-order valence-corrected chi connectivity index (χ3v) is 3.74. The molecule has 0 aliphatic heterocycles. The number of amides is 2. The van der Waals surface area contributed by atoms with Crippen molar-refractivity contribution in [2.24, 2.45) is 0 Å². The zero-order valence-corrected chi connectivity index (χ0v) is 14.0. The molecule has 2 rings (SSSR count). The minimum absolute atomic E-state index is 0.249. The van der Waals surface area contributed by atoms with Crippen LogP contribution in [0.3, 0.4) is 0 Å². The smallest absolute Gasteiger partial charge is 0.313 e. The standard InChI is InChI=1S/C17H21FN4O2/c1-4-22-10-14(9-20-22)21-16(24)15(23)19-11-17(2,3)12-5-7-13(18)8-6-12/h5-10H,4,11H2,1-3H3,(H,19,23)(H,21,24). The molecule has 0 spiro atoms. The van der Waals surface area contributed by atoms with Crippen LogP contribution in [0.2, 0.25) is 0 Å². The van der Waals surface area contributed by atoms with Crippen LogP contribution in [0.25, 0.3) is 0 Å². The van der Waals surface area contributed by atoms with Gasteiger partial charge in [0.15, 0.2) is 0 Å². The number of carbonyl (C=O) groups excluding carboxylic acids is 2. The predicted octanol–water partition coefficient (Wildman–Crippen LogP) is 2.07. The van der Waals surface area contributed by atoms with E-state index in [1.165, 1.54) is 18.3 Å². The van der Waals surface area contributed by atoms with Crippen LogP contribution in [0, 0.1) is 5.82 Å². The number of nitrogens with zero attached hydrogens (tertiary/aromatic N) is 2. The molecule has 6 nitrogen and oxygen atoms in total. The van der Waals surface area contributed by atoms with Gasteiger partial charge in [0.25, 0.3) is 0 Å². The molecule has 0 saturated carbocycles. The molecule has 1 heterocycles. The molecule has 0 bridgehead atoms. The van der Waals surface area contributed by atoms with E-state index < -0.39 is 17.2 Å². The van der Waals surface area contributed by atoms with E-state index in [2.05, 4.69) is 15.7 Å². The summed E-state index contributed by atoms with van der Waals surface area (Å²) in [7, 11) is 0. The Morgan fingerprint density at radius 1 is 1.21 bits per heavy atom. The third kappa shape index (κ3) is 4.41. The van der Waals surface area contributed by atoms with Gasteiger partial charge in [-0.3, -0.25) is 14.3 Å². The fourth-order valence-electron chi connectivity index (χ4n) is 2.17. The van der Waals surface area contributed by atoms with Gasteiger partial charge < -0.3 is 10.6 Å². The van der Waals surface area contributed by atoms with E-state index >= 15 is 0 Å². The summed E-state index contributed by atoms with van der Waals surface area (Å²) in [4.78, 5) is 23.8. The predicted molar refractivity (Wildman–Crippen MR) is 89.0 cm³/mol. The highest BCUT2D eigenvalue weighted by Crippen LogP contribution is 2.22. The Morgan fingerprint density at radius 2 is 1.88 bits per heavy atom. The molecule has 0 aliphatic rings. The molecule has 7 heteroatoms. The molecule has 1 aromatic heterocycles. The highest BCUT2D eigenvalue weighted by molar-refractivity contribution is 6.39. The lowest BCUT2D eigenvalue weighted by atomic mass is 9.84. The summed E-state index contributed by atoms with van der Waals surface area (Å²) >= 11 is 0. The van der Waals surface area contributed by atoms with Crippen LogP contribution in [0.15, 0.2) is 36.7 Å². The zero-order chi connectivity index (χ0) is 17.7. The fraction of sp³-hybridized carbons (Fsp3) is 0.353. The number of carbonyl (C=O) groups is 2. The van der Waals surface area contributed by atoms with Gasteiger partial charge in [0.1, 0.15) is 5.82 Å². The Labute approximate surface area is 140 Å². The number of benzene rings is 1. The average Bonchev–Trinajstić information content (AvgIpc) is 3.00. The zero-order valence-electron chi connectivity index (χ0n) is 14.0. The van der Waals surface area contributed by atoms with Crippen molar-refractivity contribution in [1.82, 2.24) is 15.1 Å². The number of halogens is 1. The number of hydrogen-bond acceptors (Lipinski definition) is 3. The van der Waals surface area contributed by atoms with Crippen molar-refractivity contribution in [3.8, 4) is 0 Å². The molecule has 2 N–H and O–H groups in total. The van der Waals surface area contributed by atoms with Gasteiger partial charge in [0.05, 0.1) is 11.9 Å². The molecule has 0 saturated heterocycles. The Bertz CT molecular complexity index is 722. The van der Waals surface area contributed by atoms with E-state index in [1.54, 1.807) is 23.0 Å². The molecule has 0 unspecified atom stereocenters. The van der Waals surface area contributed by atoms with Crippen LogP contribution >= 0.6 is 0 Å². The first kappa shape index (κ1) is 17.7. The van der Waals surface area contributed by atoms with Gasteiger partial charge >= 0.3 is 11.8 Å². The summed E-state index contributed by atoms with van der Waals surface area (Å²) in [6.07, 6.45) is 3.13. The van der Waals surface area contributed by atoms with E-state index in [0.29, 0.717) is 12.2 Å². The van der Waals surface area contributed by atoms with E-state index in [4.69, 9.17) is 0 Å². The van der Waals surface area contributed by atoms with Crippen molar-refractivity contribution in [2.75, 3.05) is 11.9 Å². The molecular weight excluding hydrogens is 311 g/mol. The monoisotopic (exact) mass is 332 g/mol. The second-order valence-corrected chi connectivity index (χ2v) is 6.11. The van der Waals surface area contributed by atoms with Crippen LogP contribution in [-0.4, -0.2) is 28.1 Å². The van der Waals surface area contributed by atoms with Gasteiger partial charge in [-0.25, -0.2) is 4.39 Å². The fourth-order valence-corrected chi connectivity index (χ4v) is 2.17. The first-order valence-corrected chi connectivity index (χ1v) is 7.69. The van der Waals surface area contributed by atoms with E-state index in [9.17, 15) is 14.0 Å². The molecule has 0 atom stereocenters. The molecule has 2 amide bonds. The number of rotatable bonds is 5. The highest BCUT2D eigenvalue weighted by Gasteiger charge is 2.23. The minimum atomic E-state index is -0.749. The van der Waals surface area contributed by atoms with Gasteiger partial charge in [0, 0.05) is 24.7 Å². The summed E-state index contributed by atoms with van der Waals surface area (Å²) in [5.74, 6) is -1.79. The summed E-state index contributed by atoms with van der Waals surface area (Å²) in [6, 6.07) is 6.08. The summed E-state index contributed by atoms with van der Waals surface area (Å²) < 4.78 is 14.6. The lowest BCUT2D eigenvalue weighted by Gasteiger charge is -2.25. The first-order chi connectivity index (χ1) is 11.3. The SMILES string of the molecule is CCn1cc(NC(=O)C(=O)NCC(C)(C)c2ccc(F)cc2)cn1. The Balaban J connectivity index is 1.91. The quantitative estimate of drug-likeness (QED) is 0.823. The molecule has 0 fully saturated rings. The number of hydrogen-bond donors (Lipinski definition) is 2. The molecular formula is C17H21FN4O2. The molecule has 24 heavy (non-hydrogen) atoms. The largest absolute Gasteiger partial charge is 0.347 e.